The van der Waals surface area contributed by atoms with E-state index in [0.29, 0.717) is 9.99 Å². The van der Waals surface area contributed by atoms with E-state index in [0.717, 1.165) is 67.1 Å². The van der Waals surface area contributed by atoms with Gasteiger partial charge in [0.2, 0.25) is 5.95 Å². The van der Waals surface area contributed by atoms with Gasteiger partial charge in [0.25, 0.3) is 0 Å². The molecule has 1 N–H and O–H groups in total. The summed E-state index contributed by atoms with van der Waals surface area (Å²) in [5.41, 5.74) is 2.56. The Kier molecular flexibility index (Phi) is 3.81. The van der Waals surface area contributed by atoms with Crippen molar-refractivity contribution in [1.29, 1.82) is 0 Å². The summed E-state index contributed by atoms with van der Waals surface area (Å²) in [6, 6.07) is 0. The molecule has 3 heterocycles. The normalized spacial score (nSPS) is 17.7. The van der Waals surface area contributed by atoms with Crippen LogP contribution in [0, 0.1) is 10.1 Å². The highest BCUT2D eigenvalue weighted by molar-refractivity contribution is 9.13. The second-order valence-corrected chi connectivity index (χ2v) is 7.40. The van der Waals surface area contributed by atoms with Crippen LogP contribution in [-0.4, -0.2) is 40.7 Å². The van der Waals surface area contributed by atoms with Crippen LogP contribution in [0.4, 0.5) is 11.6 Å². The number of anilines is 1. The minimum atomic E-state index is -0.346. The highest BCUT2D eigenvalue weighted by atomic mass is 79.9. The standard InChI is InChI=1S/C14H15Br2N5O2/c15-9-8-2-1-5-20-12(8)11(13(10(9)16)21(22)23)18-14(20)19-6-3-17-4-7-19/h17H,1-7H2. The van der Waals surface area contributed by atoms with Crippen molar-refractivity contribution in [3.8, 4) is 0 Å². The van der Waals surface area contributed by atoms with Gasteiger partial charge < -0.3 is 14.8 Å². The van der Waals surface area contributed by atoms with Crippen LogP contribution in [0.1, 0.15) is 12.0 Å². The van der Waals surface area contributed by atoms with E-state index < -0.39 is 0 Å². The van der Waals surface area contributed by atoms with Crippen molar-refractivity contribution in [3.05, 3.63) is 24.6 Å². The van der Waals surface area contributed by atoms with Crippen molar-refractivity contribution < 1.29 is 4.92 Å². The first kappa shape index (κ1) is 15.3. The molecule has 0 aliphatic carbocycles. The highest BCUT2D eigenvalue weighted by Gasteiger charge is 2.32. The van der Waals surface area contributed by atoms with Gasteiger partial charge >= 0.3 is 5.69 Å². The van der Waals surface area contributed by atoms with E-state index in [-0.39, 0.29) is 10.6 Å². The van der Waals surface area contributed by atoms with Crippen LogP contribution < -0.4 is 10.2 Å². The number of hydrogen-bond acceptors (Lipinski definition) is 5. The highest BCUT2D eigenvalue weighted by Crippen LogP contribution is 2.45. The van der Waals surface area contributed by atoms with E-state index >= 15 is 0 Å². The summed E-state index contributed by atoms with van der Waals surface area (Å²) in [6.07, 6.45) is 1.92. The lowest BCUT2D eigenvalue weighted by Crippen LogP contribution is -2.44. The first-order chi connectivity index (χ1) is 11.1. The summed E-state index contributed by atoms with van der Waals surface area (Å²) in [5.74, 6) is 0.857. The van der Waals surface area contributed by atoms with Crippen LogP contribution in [0.3, 0.4) is 0 Å². The van der Waals surface area contributed by atoms with E-state index in [9.17, 15) is 10.1 Å². The number of hydrogen-bond donors (Lipinski definition) is 1. The Labute approximate surface area is 149 Å². The number of imidazole rings is 1. The molecule has 9 heteroatoms. The molecule has 0 spiro atoms. The number of piperazine rings is 1. The molecule has 0 bridgehead atoms. The third kappa shape index (κ3) is 2.28. The van der Waals surface area contributed by atoms with Crippen molar-refractivity contribution in [2.24, 2.45) is 0 Å². The van der Waals surface area contributed by atoms with Crippen LogP contribution in [0.25, 0.3) is 11.0 Å². The average molecular weight is 445 g/mol. The first-order valence-corrected chi connectivity index (χ1v) is 9.18. The molecule has 1 fully saturated rings. The number of nitro benzene ring substituents is 1. The molecule has 1 aromatic carbocycles. The number of rotatable bonds is 2. The maximum Gasteiger partial charge on any atom is 0.312 e. The third-order valence-electron chi connectivity index (χ3n) is 4.51. The number of aromatic nitrogens is 2. The van der Waals surface area contributed by atoms with Crippen molar-refractivity contribution in [1.82, 2.24) is 14.9 Å². The summed E-state index contributed by atoms with van der Waals surface area (Å²) in [6.45, 7) is 4.41. The fourth-order valence-corrected chi connectivity index (χ4v) is 4.63. The van der Waals surface area contributed by atoms with Crippen LogP contribution in [0.2, 0.25) is 0 Å². The zero-order valence-corrected chi connectivity index (χ0v) is 15.5. The van der Waals surface area contributed by atoms with E-state index in [1.807, 2.05) is 0 Å². The number of halogens is 2. The van der Waals surface area contributed by atoms with E-state index in [1.54, 1.807) is 0 Å². The van der Waals surface area contributed by atoms with Crippen LogP contribution in [-0.2, 0) is 13.0 Å². The fourth-order valence-electron chi connectivity index (χ4n) is 3.48. The number of benzene rings is 1. The molecule has 2 aliphatic heterocycles. The molecule has 122 valence electrons. The molecule has 7 nitrogen and oxygen atoms in total. The summed E-state index contributed by atoms with van der Waals surface area (Å²) in [5, 5.41) is 14.9. The zero-order valence-electron chi connectivity index (χ0n) is 12.3. The maximum atomic E-state index is 11.6. The molecule has 23 heavy (non-hydrogen) atoms. The van der Waals surface area contributed by atoms with Crippen LogP contribution >= 0.6 is 31.9 Å². The molecule has 1 saturated heterocycles. The Morgan fingerprint density at radius 2 is 1.91 bits per heavy atom. The predicted octanol–water partition coefficient (Wildman–Crippen LogP) is 2.83. The number of nitro groups is 1. The molecule has 0 atom stereocenters. The minimum absolute atomic E-state index is 0.0488. The van der Waals surface area contributed by atoms with Gasteiger partial charge in [0.15, 0.2) is 5.52 Å². The molecule has 0 saturated carbocycles. The first-order valence-electron chi connectivity index (χ1n) is 7.59. The fraction of sp³-hybridized carbons (Fsp3) is 0.500. The Bertz CT molecular complexity index is 814. The Hall–Kier alpha value is -1.19. The van der Waals surface area contributed by atoms with Gasteiger partial charge in [-0.15, -0.1) is 0 Å². The molecule has 4 rings (SSSR count). The predicted molar refractivity (Wildman–Crippen MR) is 95.2 cm³/mol. The molecule has 1 aromatic heterocycles. The summed E-state index contributed by atoms with van der Waals surface area (Å²) in [4.78, 5) is 18.2. The second-order valence-electron chi connectivity index (χ2n) is 5.81. The summed E-state index contributed by atoms with van der Waals surface area (Å²) >= 11 is 6.92. The Morgan fingerprint density at radius 1 is 1.17 bits per heavy atom. The smallest absolute Gasteiger partial charge is 0.312 e. The SMILES string of the molecule is O=[N+]([O-])c1c(Br)c(Br)c2c3c1nc(N1CCNCC1)n3CCC2. The van der Waals surface area contributed by atoms with Crippen LogP contribution in [0.5, 0.6) is 0 Å². The van der Waals surface area contributed by atoms with Gasteiger partial charge in [-0.3, -0.25) is 10.1 Å². The van der Waals surface area contributed by atoms with Crippen molar-refractivity contribution in [3.63, 3.8) is 0 Å². The van der Waals surface area contributed by atoms with Gasteiger partial charge in [-0.2, -0.15) is 0 Å². The van der Waals surface area contributed by atoms with Gasteiger partial charge in [-0.25, -0.2) is 4.98 Å². The minimum Gasteiger partial charge on any atom is -0.340 e. The lowest BCUT2D eigenvalue weighted by atomic mass is 10.0. The largest absolute Gasteiger partial charge is 0.340 e. The van der Waals surface area contributed by atoms with Gasteiger partial charge in [-0.05, 0) is 50.3 Å². The van der Waals surface area contributed by atoms with E-state index in [2.05, 4.69) is 46.6 Å². The van der Waals surface area contributed by atoms with Gasteiger partial charge in [0, 0.05) is 37.2 Å². The quantitative estimate of drug-likeness (QED) is 0.569. The Balaban J connectivity index is 2.03. The molecular formula is C14H15Br2N5O2. The van der Waals surface area contributed by atoms with Gasteiger partial charge in [-0.1, -0.05) is 0 Å². The lowest BCUT2D eigenvalue weighted by Gasteiger charge is -2.29. The second kappa shape index (κ2) is 5.71. The molecular weight excluding hydrogens is 430 g/mol. The Morgan fingerprint density at radius 3 is 2.61 bits per heavy atom. The molecule has 2 aromatic rings. The summed E-state index contributed by atoms with van der Waals surface area (Å²) in [7, 11) is 0. The maximum absolute atomic E-state index is 11.6. The van der Waals surface area contributed by atoms with E-state index in [1.165, 1.54) is 0 Å². The topological polar surface area (TPSA) is 76.2 Å². The zero-order chi connectivity index (χ0) is 16.1. The number of aryl methyl sites for hydroxylation is 2. The average Bonchev–Trinajstić information content (AvgIpc) is 2.93. The molecule has 0 radical (unpaired) electrons. The van der Waals surface area contributed by atoms with Gasteiger partial charge in [0.1, 0.15) is 4.47 Å². The number of nitrogens with one attached hydrogen (secondary N) is 1. The van der Waals surface area contributed by atoms with E-state index in [4.69, 9.17) is 4.98 Å². The van der Waals surface area contributed by atoms with Crippen LogP contribution in [0.15, 0.2) is 8.95 Å². The monoisotopic (exact) mass is 443 g/mol. The number of nitrogens with zero attached hydrogens (tertiary/aromatic N) is 4. The molecule has 0 amide bonds. The van der Waals surface area contributed by atoms with Crippen molar-refractivity contribution >= 4 is 54.5 Å². The third-order valence-corrected chi connectivity index (χ3v) is 6.69. The summed E-state index contributed by atoms with van der Waals surface area (Å²) < 4.78 is 3.43. The van der Waals surface area contributed by atoms with Gasteiger partial charge in [0.05, 0.1) is 10.4 Å². The van der Waals surface area contributed by atoms with Crippen molar-refractivity contribution in [2.45, 2.75) is 19.4 Å². The molecule has 0 unspecified atom stereocenters. The lowest BCUT2D eigenvalue weighted by molar-refractivity contribution is -0.384. The molecule has 2 aliphatic rings. The van der Waals surface area contributed by atoms with Crippen molar-refractivity contribution in [2.75, 3.05) is 31.1 Å².